The lowest BCUT2D eigenvalue weighted by Crippen LogP contribution is -2.17. The van der Waals surface area contributed by atoms with E-state index in [0.717, 1.165) is 25.0 Å². The van der Waals surface area contributed by atoms with Crippen molar-refractivity contribution in [1.29, 1.82) is 0 Å². The molecule has 1 aliphatic rings. The summed E-state index contributed by atoms with van der Waals surface area (Å²) >= 11 is 2.99. The summed E-state index contributed by atoms with van der Waals surface area (Å²) in [6.45, 7) is 1.37. The van der Waals surface area contributed by atoms with Crippen LogP contribution in [-0.4, -0.2) is 35.0 Å². The van der Waals surface area contributed by atoms with Gasteiger partial charge >= 0.3 is 6.18 Å². The molecule has 1 amide bonds. The van der Waals surface area contributed by atoms with Gasteiger partial charge in [0.15, 0.2) is 15.5 Å². The predicted molar refractivity (Wildman–Crippen MR) is 106 cm³/mol. The van der Waals surface area contributed by atoms with Crippen LogP contribution < -0.4 is 5.32 Å². The topological polar surface area (TPSA) is 101 Å². The quantitative estimate of drug-likeness (QED) is 0.547. The summed E-state index contributed by atoms with van der Waals surface area (Å²) in [5, 5.41) is 15.9. The summed E-state index contributed by atoms with van der Waals surface area (Å²) in [7, 11) is -3.54. The van der Waals surface area contributed by atoms with Crippen LogP contribution in [0.2, 0.25) is 0 Å². The van der Waals surface area contributed by atoms with Gasteiger partial charge in [-0.1, -0.05) is 6.92 Å². The van der Waals surface area contributed by atoms with Crippen molar-refractivity contribution in [2.24, 2.45) is 0 Å². The number of nitrogens with one attached hydrogen (secondary N) is 1. The number of carbonyl (C=O) groups is 1. The summed E-state index contributed by atoms with van der Waals surface area (Å²) in [6.07, 6.45) is -3.33. The number of halogens is 4. The fraction of sp³-hybridized carbons (Fsp3) is 0.444. The van der Waals surface area contributed by atoms with Crippen molar-refractivity contribution in [2.45, 2.75) is 49.7 Å². The maximum absolute atomic E-state index is 13.2. The normalized spacial score (nSPS) is 14.7. The third kappa shape index (κ3) is 4.80. The molecular weight excluding hydrogens is 491 g/mol. The highest BCUT2D eigenvalue weighted by atomic mass is 79.9. The molecule has 0 unspecified atom stereocenters. The first kappa shape index (κ1) is 22.6. The van der Waals surface area contributed by atoms with Crippen molar-refractivity contribution >= 4 is 37.4 Å². The molecule has 3 rings (SSSR count). The van der Waals surface area contributed by atoms with E-state index in [2.05, 4.69) is 26.3 Å². The van der Waals surface area contributed by atoms with E-state index in [0.29, 0.717) is 5.69 Å². The molecule has 12 heteroatoms. The highest BCUT2D eigenvalue weighted by molar-refractivity contribution is 9.10. The highest BCUT2D eigenvalue weighted by Gasteiger charge is 2.41. The van der Waals surface area contributed by atoms with E-state index in [1.165, 1.54) is 17.7 Å². The summed E-state index contributed by atoms with van der Waals surface area (Å²) in [5.41, 5.74) is -0.705. The van der Waals surface area contributed by atoms with Gasteiger partial charge in [0.1, 0.15) is 5.75 Å². The van der Waals surface area contributed by atoms with Crippen molar-refractivity contribution in [1.82, 2.24) is 9.78 Å². The Hall–Kier alpha value is -2.08. The predicted octanol–water partition coefficient (Wildman–Crippen LogP) is 4.07. The zero-order valence-electron chi connectivity index (χ0n) is 15.8. The van der Waals surface area contributed by atoms with E-state index >= 15 is 0 Å². The standard InChI is InChI=1S/C18H19BrF3N3O4S/c1-2-30(28,29)11-5-6-13(26)12(9-11)23-14(27)7-8-25-16(10-3-4-10)15(19)17(24-25)18(20,21)22/h5-6,9-10,26H,2-4,7-8H2,1H3,(H,23,27). The van der Waals surface area contributed by atoms with Gasteiger partial charge in [-0.3, -0.25) is 9.48 Å². The number of rotatable bonds is 7. The number of hydrogen-bond acceptors (Lipinski definition) is 5. The number of sulfone groups is 1. The number of aromatic nitrogens is 2. The third-order valence-electron chi connectivity index (χ3n) is 4.70. The lowest BCUT2D eigenvalue weighted by atomic mass is 10.2. The number of aromatic hydroxyl groups is 1. The molecule has 1 aromatic carbocycles. The van der Waals surface area contributed by atoms with Crippen molar-refractivity contribution in [3.05, 3.63) is 34.1 Å². The van der Waals surface area contributed by atoms with E-state index in [1.54, 1.807) is 0 Å². The first-order chi connectivity index (χ1) is 13.9. The number of phenolic OH excluding ortho intramolecular Hbond substituents is 1. The summed E-state index contributed by atoms with van der Waals surface area (Å²) in [4.78, 5) is 12.3. The fourth-order valence-corrected chi connectivity index (χ4v) is 4.69. The van der Waals surface area contributed by atoms with Gasteiger partial charge in [0.25, 0.3) is 0 Å². The summed E-state index contributed by atoms with van der Waals surface area (Å²) < 4.78 is 64.5. The number of amides is 1. The Morgan fingerprint density at radius 1 is 1.37 bits per heavy atom. The Kier molecular flexibility index (Phi) is 6.19. The van der Waals surface area contributed by atoms with Gasteiger partial charge in [-0.25, -0.2) is 8.42 Å². The molecule has 1 aliphatic carbocycles. The smallest absolute Gasteiger partial charge is 0.436 e. The van der Waals surface area contributed by atoms with Crippen LogP contribution >= 0.6 is 15.9 Å². The van der Waals surface area contributed by atoms with Gasteiger partial charge in [0.05, 0.1) is 33.0 Å². The molecule has 0 aliphatic heterocycles. The van der Waals surface area contributed by atoms with Crippen LogP contribution in [0.25, 0.3) is 0 Å². The summed E-state index contributed by atoms with van der Waals surface area (Å²) in [6, 6.07) is 3.53. The molecule has 7 nitrogen and oxygen atoms in total. The molecule has 1 aromatic heterocycles. The van der Waals surface area contributed by atoms with Gasteiger partial charge in [-0.15, -0.1) is 0 Å². The van der Waals surface area contributed by atoms with Gasteiger partial charge in [0, 0.05) is 12.3 Å². The molecular formula is C18H19BrF3N3O4S. The van der Waals surface area contributed by atoms with Crippen molar-refractivity contribution < 1.29 is 31.5 Å². The van der Waals surface area contributed by atoms with Crippen LogP contribution in [0.1, 0.15) is 43.5 Å². The van der Waals surface area contributed by atoms with Crippen LogP contribution in [0.3, 0.4) is 0 Å². The number of aryl methyl sites for hydroxylation is 1. The van der Waals surface area contributed by atoms with Crippen LogP contribution in [0.15, 0.2) is 27.6 Å². The number of alkyl halides is 3. The van der Waals surface area contributed by atoms with Crippen molar-refractivity contribution in [3.8, 4) is 5.75 Å². The first-order valence-corrected chi connectivity index (χ1v) is 11.6. The maximum Gasteiger partial charge on any atom is 0.436 e. The number of phenols is 1. The molecule has 0 bridgehead atoms. The first-order valence-electron chi connectivity index (χ1n) is 9.13. The Morgan fingerprint density at radius 3 is 2.60 bits per heavy atom. The molecule has 2 aromatic rings. The fourth-order valence-electron chi connectivity index (χ4n) is 2.95. The molecule has 1 fully saturated rings. The Labute approximate surface area is 179 Å². The lowest BCUT2D eigenvalue weighted by molar-refractivity contribution is -0.142. The SMILES string of the molecule is CCS(=O)(=O)c1ccc(O)c(NC(=O)CCn2nc(C(F)(F)F)c(Br)c2C2CC2)c1. The minimum atomic E-state index is -4.62. The van der Waals surface area contributed by atoms with E-state index in [4.69, 9.17) is 0 Å². The molecule has 164 valence electrons. The average Bonchev–Trinajstić information content (AvgIpc) is 3.43. The number of hydrogen-bond donors (Lipinski definition) is 2. The molecule has 30 heavy (non-hydrogen) atoms. The van der Waals surface area contributed by atoms with Gasteiger partial charge in [-0.2, -0.15) is 18.3 Å². The zero-order valence-corrected chi connectivity index (χ0v) is 18.2. The second-order valence-electron chi connectivity index (χ2n) is 6.92. The van der Waals surface area contributed by atoms with Gasteiger partial charge < -0.3 is 10.4 Å². The minimum Gasteiger partial charge on any atom is -0.506 e. The zero-order chi connectivity index (χ0) is 22.3. The summed E-state index contributed by atoms with van der Waals surface area (Å²) in [5.74, 6) is -1.10. The van der Waals surface area contributed by atoms with Crippen molar-refractivity contribution in [2.75, 3.05) is 11.1 Å². The Balaban J connectivity index is 1.75. The number of benzene rings is 1. The maximum atomic E-state index is 13.2. The Bertz CT molecular complexity index is 1080. The lowest BCUT2D eigenvalue weighted by Gasteiger charge is -2.11. The van der Waals surface area contributed by atoms with Crippen LogP contribution in [-0.2, 0) is 27.4 Å². The second-order valence-corrected chi connectivity index (χ2v) is 9.99. The van der Waals surface area contributed by atoms with E-state index in [1.807, 2.05) is 0 Å². The number of carbonyl (C=O) groups excluding carboxylic acids is 1. The van der Waals surface area contributed by atoms with Gasteiger partial charge in [-0.05, 0) is 47.0 Å². The number of nitrogens with zero attached hydrogens (tertiary/aromatic N) is 2. The van der Waals surface area contributed by atoms with Crippen molar-refractivity contribution in [3.63, 3.8) is 0 Å². The van der Waals surface area contributed by atoms with Crippen LogP contribution in [0.5, 0.6) is 5.75 Å². The Morgan fingerprint density at radius 2 is 2.03 bits per heavy atom. The monoisotopic (exact) mass is 509 g/mol. The minimum absolute atomic E-state index is 0.0361. The van der Waals surface area contributed by atoms with Gasteiger partial charge in [0.2, 0.25) is 5.91 Å². The molecule has 0 atom stereocenters. The molecule has 1 heterocycles. The van der Waals surface area contributed by atoms with E-state index in [9.17, 15) is 31.5 Å². The van der Waals surface area contributed by atoms with Crippen LogP contribution in [0, 0.1) is 0 Å². The molecule has 0 spiro atoms. The highest BCUT2D eigenvalue weighted by Crippen LogP contribution is 2.47. The van der Waals surface area contributed by atoms with E-state index < -0.39 is 27.6 Å². The molecule has 0 radical (unpaired) electrons. The third-order valence-corrected chi connectivity index (χ3v) is 7.21. The van der Waals surface area contributed by atoms with Crippen LogP contribution in [0.4, 0.5) is 18.9 Å². The molecule has 1 saturated carbocycles. The number of anilines is 1. The molecule has 2 N–H and O–H groups in total. The van der Waals surface area contributed by atoms with E-state index in [-0.39, 0.29) is 45.4 Å². The second kappa shape index (κ2) is 8.22. The largest absolute Gasteiger partial charge is 0.506 e. The molecule has 0 saturated heterocycles. The average molecular weight is 510 g/mol.